The van der Waals surface area contributed by atoms with E-state index in [0.717, 1.165) is 16.2 Å². The van der Waals surface area contributed by atoms with Crippen LogP contribution in [0, 0.1) is 0 Å². The molecule has 2 aromatic carbocycles. The normalized spacial score (nSPS) is 15.2. The predicted molar refractivity (Wildman–Crippen MR) is 123 cm³/mol. The fourth-order valence-corrected chi connectivity index (χ4v) is 4.29. The first-order valence-electron chi connectivity index (χ1n) is 10.1. The summed E-state index contributed by atoms with van der Waals surface area (Å²) in [5.74, 6) is -0.362. The minimum absolute atomic E-state index is 0.00839. The molecule has 1 aliphatic rings. The lowest BCUT2D eigenvalue weighted by atomic mass is 10.0. The molecule has 0 bridgehead atoms. The SMILES string of the molecule is COc1ccc([C@H]2CC(c3cccs3)=NN2C(=O)COC(=O)c2ccccc2O)cc1OC. The highest BCUT2D eigenvalue weighted by atomic mass is 32.1. The highest BCUT2D eigenvalue weighted by Crippen LogP contribution is 2.38. The molecule has 1 aliphatic heterocycles. The zero-order valence-electron chi connectivity index (χ0n) is 18.1. The Labute approximate surface area is 194 Å². The second-order valence-corrected chi connectivity index (χ2v) is 8.14. The molecule has 8 nitrogen and oxygen atoms in total. The lowest BCUT2D eigenvalue weighted by Crippen LogP contribution is -2.31. The first-order chi connectivity index (χ1) is 16.0. The predicted octanol–water partition coefficient (Wildman–Crippen LogP) is 4.01. The van der Waals surface area contributed by atoms with Crippen molar-refractivity contribution in [3.8, 4) is 17.2 Å². The Kier molecular flexibility index (Phi) is 6.60. The number of hydrogen-bond donors (Lipinski definition) is 1. The number of aromatic hydroxyl groups is 1. The van der Waals surface area contributed by atoms with E-state index in [9.17, 15) is 14.7 Å². The molecule has 0 unspecified atom stereocenters. The number of ether oxygens (including phenoxy) is 3. The molecule has 1 amide bonds. The summed E-state index contributed by atoms with van der Waals surface area (Å²) in [4.78, 5) is 26.4. The summed E-state index contributed by atoms with van der Waals surface area (Å²) in [5.41, 5.74) is 1.57. The van der Waals surface area contributed by atoms with Crippen molar-refractivity contribution in [3.63, 3.8) is 0 Å². The zero-order valence-corrected chi connectivity index (χ0v) is 18.9. The smallest absolute Gasteiger partial charge is 0.342 e. The number of phenolic OH excluding ortho intramolecular Hbond substituents is 1. The van der Waals surface area contributed by atoms with Crippen LogP contribution >= 0.6 is 11.3 Å². The molecule has 9 heteroatoms. The van der Waals surface area contributed by atoms with E-state index in [1.165, 1.54) is 28.5 Å². The third kappa shape index (κ3) is 4.68. The molecule has 0 fully saturated rings. The van der Waals surface area contributed by atoms with Gasteiger partial charge in [0.1, 0.15) is 11.3 Å². The maximum Gasteiger partial charge on any atom is 0.342 e. The van der Waals surface area contributed by atoms with E-state index < -0.39 is 24.5 Å². The molecule has 0 spiro atoms. The monoisotopic (exact) mass is 466 g/mol. The van der Waals surface area contributed by atoms with Crippen LogP contribution in [0.15, 0.2) is 65.1 Å². The molecular weight excluding hydrogens is 444 g/mol. The number of thiophene rings is 1. The number of rotatable bonds is 7. The Morgan fingerprint density at radius 1 is 1.09 bits per heavy atom. The summed E-state index contributed by atoms with van der Waals surface area (Å²) >= 11 is 1.54. The number of nitrogens with zero attached hydrogens (tertiary/aromatic N) is 2. The Hall–Kier alpha value is -3.85. The zero-order chi connectivity index (χ0) is 23.4. The number of para-hydroxylation sites is 1. The Morgan fingerprint density at radius 3 is 2.58 bits per heavy atom. The van der Waals surface area contributed by atoms with Gasteiger partial charge in [-0.15, -0.1) is 11.3 Å². The van der Waals surface area contributed by atoms with Crippen LogP contribution < -0.4 is 9.47 Å². The highest BCUT2D eigenvalue weighted by molar-refractivity contribution is 7.12. The van der Waals surface area contributed by atoms with Crippen LogP contribution in [0.3, 0.4) is 0 Å². The average Bonchev–Trinajstić information content (AvgIpc) is 3.52. The molecule has 1 aromatic heterocycles. The summed E-state index contributed by atoms with van der Waals surface area (Å²) < 4.78 is 15.9. The first-order valence-corrected chi connectivity index (χ1v) is 11.0. The first kappa shape index (κ1) is 22.3. The number of carbonyl (C=O) groups excluding carboxylic acids is 2. The van der Waals surface area contributed by atoms with E-state index in [2.05, 4.69) is 5.10 Å². The summed E-state index contributed by atoms with van der Waals surface area (Å²) in [5, 5.41) is 17.7. The molecule has 4 rings (SSSR count). The number of hydrazone groups is 1. The van der Waals surface area contributed by atoms with Crippen molar-refractivity contribution in [2.45, 2.75) is 12.5 Å². The summed E-state index contributed by atoms with van der Waals surface area (Å²) in [6.45, 7) is -0.516. The molecule has 1 N–H and O–H groups in total. The van der Waals surface area contributed by atoms with Gasteiger partial charge in [0.15, 0.2) is 18.1 Å². The summed E-state index contributed by atoms with van der Waals surface area (Å²) in [7, 11) is 3.10. The lowest BCUT2D eigenvalue weighted by molar-refractivity contribution is -0.136. The lowest BCUT2D eigenvalue weighted by Gasteiger charge is -2.22. The van der Waals surface area contributed by atoms with Gasteiger partial charge in [-0.25, -0.2) is 9.80 Å². The van der Waals surface area contributed by atoms with Crippen molar-refractivity contribution >= 4 is 28.9 Å². The van der Waals surface area contributed by atoms with Crippen molar-refractivity contribution in [1.82, 2.24) is 5.01 Å². The highest BCUT2D eigenvalue weighted by Gasteiger charge is 2.34. The quantitative estimate of drug-likeness (QED) is 0.529. The third-order valence-electron chi connectivity index (χ3n) is 5.21. The van der Waals surface area contributed by atoms with Crippen molar-refractivity contribution in [1.29, 1.82) is 0 Å². The molecular formula is C24H22N2O6S. The van der Waals surface area contributed by atoms with Crippen molar-refractivity contribution in [3.05, 3.63) is 76.0 Å². The van der Waals surface area contributed by atoms with Crippen LogP contribution in [-0.4, -0.2) is 48.5 Å². The van der Waals surface area contributed by atoms with Gasteiger partial charge < -0.3 is 19.3 Å². The van der Waals surface area contributed by atoms with Gasteiger partial charge in [0, 0.05) is 6.42 Å². The molecule has 0 saturated carbocycles. The number of amides is 1. The van der Waals surface area contributed by atoms with Gasteiger partial charge in [0.25, 0.3) is 5.91 Å². The number of esters is 1. The largest absolute Gasteiger partial charge is 0.507 e. The maximum absolute atomic E-state index is 13.1. The molecule has 3 aromatic rings. The number of carbonyl (C=O) groups is 2. The van der Waals surface area contributed by atoms with E-state index in [-0.39, 0.29) is 11.3 Å². The van der Waals surface area contributed by atoms with E-state index in [0.29, 0.717) is 17.9 Å². The van der Waals surface area contributed by atoms with E-state index in [1.54, 1.807) is 32.4 Å². The minimum Gasteiger partial charge on any atom is -0.507 e. The molecule has 0 radical (unpaired) electrons. The van der Waals surface area contributed by atoms with Gasteiger partial charge in [-0.1, -0.05) is 24.3 Å². The van der Waals surface area contributed by atoms with Crippen molar-refractivity contribution in [2.75, 3.05) is 20.8 Å². The Balaban J connectivity index is 1.57. The molecule has 1 atom stereocenters. The fraction of sp³-hybridized carbons (Fsp3) is 0.208. The molecule has 0 saturated heterocycles. The van der Waals surface area contributed by atoms with Gasteiger partial charge in [0.05, 0.1) is 30.9 Å². The van der Waals surface area contributed by atoms with Crippen LogP contribution in [0.2, 0.25) is 0 Å². The van der Waals surface area contributed by atoms with E-state index in [4.69, 9.17) is 14.2 Å². The van der Waals surface area contributed by atoms with Gasteiger partial charge in [-0.05, 0) is 41.3 Å². The summed E-state index contributed by atoms with van der Waals surface area (Å²) in [6, 6.07) is 14.9. The molecule has 2 heterocycles. The van der Waals surface area contributed by atoms with Crippen molar-refractivity contribution in [2.24, 2.45) is 5.10 Å². The van der Waals surface area contributed by atoms with Gasteiger partial charge in [-0.2, -0.15) is 5.10 Å². The average molecular weight is 467 g/mol. The van der Waals surface area contributed by atoms with Gasteiger partial charge >= 0.3 is 5.97 Å². The molecule has 0 aliphatic carbocycles. The van der Waals surface area contributed by atoms with Crippen LogP contribution in [0.4, 0.5) is 0 Å². The number of benzene rings is 2. The topological polar surface area (TPSA) is 97.7 Å². The Bertz CT molecular complexity index is 1190. The Morgan fingerprint density at radius 2 is 1.88 bits per heavy atom. The van der Waals surface area contributed by atoms with Gasteiger partial charge in [-0.3, -0.25) is 4.79 Å². The van der Waals surface area contributed by atoms with Crippen LogP contribution in [0.25, 0.3) is 0 Å². The molecule has 33 heavy (non-hydrogen) atoms. The molecule has 170 valence electrons. The van der Waals surface area contributed by atoms with E-state index in [1.807, 2.05) is 29.6 Å². The fourth-order valence-electron chi connectivity index (χ4n) is 3.57. The number of hydrogen-bond acceptors (Lipinski definition) is 8. The van der Waals surface area contributed by atoms with Crippen LogP contribution in [0.5, 0.6) is 17.2 Å². The number of phenols is 1. The second kappa shape index (κ2) is 9.74. The number of methoxy groups -OCH3 is 2. The van der Waals surface area contributed by atoms with Gasteiger partial charge in [0.2, 0.25) is 0 Å². The summed E-state index contributed by atoms with van der Waals surface area (Å²) in [6.07, 6.45) is 0.495. The minimum atomic E-state index is -0.786. The van der Waals surface area contributed by atoms with Crippen LogP contribution in [0.1, 0.15) is 33.3 Å². The third-order valence-corrected chi connectivity index (χ3v) is 6.13. The van der Waals surface area contributed by atoms with Crippen LogP contribution in [-0.2, 0) is 9.53 Å². The maximum atomic E-state index is 13.1. The van der Waals surface area contributed by atoms with E-state index >= 15 is 0 Å². The van der Waals surface area contributed by atoms with Crippen molar-refractivity contribution < 1.29 is 28.9 Å². The second-order valence-electron chi connectivity index (χ2n) is 7.19. The standard InChI is InChI=1S/C24H22N2O6S/c1-30-20-10-9-15(12-21(20)31-2)18-13-17(22-8-5-11-33-22)25-26(18)23(28)14-32-24(29)16-6-3-4-7-19(16)27/h3-12,18,27H,13-14H2,1-2H3/t18-/m1/s1.